The second-order valence-electron chi connectivity index (χ2n) is 5.72. The first-order chi connectivity index (χ1) is 11.0. The zero-order chi connectivity index (χ0) is 16.6. The van der Waals surface area contributed by atoms with Crippen LogP contribution in [0.2, 0.25) is 0 Å². The molecule has 0 saturated heterocycles. The molecular formula is C15H18N4O3S. The van der Waals surface area contributed by atoms with Gasteiger partial charge in [0.25, 0.3) is 5.69 Å². The molecule has 1 heterocycles. The SMILES string of the molecule is Cc1ccc([N+](=O)[O-])cc1C(C)Sc1nnc(CO)n1C1CC1. The summed E-state index contributed by atoms with van der Waals surface area (Å²) in [5, 5.41) is 29.4. The summed E-state index contributed by atoms with van der Waals surface area (Å²) in [7, 11) is 0. The number of non-ortho nitro benzene ring substituents is 1. The van der Waals surface area contributed by atoms with Crippen molar-refractivity contribution in [3.05, 3.63) is 45.3 Å². The molecule has 8 heteroatoms. The summed E-state index contributed by atoms with van der Waals surface area (Å²) >= 11 is 1.52. The lowest BCUT2D eigenvalue weighted by molar-refractivity contribution is -0.384. The number of aliphatic hydroxyl groups is 1. The summed E-state index contributed by atoms with van der Waals surface area (Å²) in [5.74, 6) is 0.581. The van der Waals surface area contributed by atoms with E-state index in [2.05, 4.69) is 10.2 Å². The standard InChI is InChI=1S/C15H18N4O3S/c1-9-3-4-12(19(21)22)7-13(9)10(2)23-15-17-16-14(8-20)18(15)11-5-6-11/h3-4,7,10-11,20H,5-6,8H2,1-2H3. The fraction of sp³-hybridized carbons (Fsp3) is 0.467. The van der Waals surface area contributed by atoms with Gasteiger partial charge in [0.05, 0.1) is 4.92 Å². The second-order valence-corrected chi connectivity index (χ2v) is 7.02. The lowest BCUT2D eigenvalue weighted by Crippen LogP contribution is -2.04. The van der Waals surface area contributed by atoms with Crippen LogP contribution in [0.3, 0.4) is 0 Å². The zero-order valence-corrected chi connectivity index (χ0v) is 13.8. The third-order valence-electron chi connectivity index (χ3n) is 3.98. The minimum absolute atomic E-state index is 0.00291. The van der Waals surface area contributed by atoms with Crippen LogP contribution >= 0.6 is 11.8 Å². The monoisotopic (exact) mass is 334 g/mol. The van der Waals surface area contributed by atoms with E-state index in [9.17, 15) is 15.2 Å². The molecule has 0 bridgehead atoms. The smallest absolute Gasteiger partial charge is 0.269 e. The number of nitrogens with zero attached hydrogens (tertiary/aromatic N) is 4. The van der Waals surface area contributed by atoms with Gasteiger partial charge >= 0.3 is 0 Å². The van der Waals surface area contributed by atoms with Crippen LogP contribution in [0, 0.1) is 17.0 Å². The van der Waals surface area contributed by atoms with Crippen LogP contribution in [0.25, 0.3) is 0 Å². The number of aromatic nitrogens is 3. The van der Waals surface area contributed by atoms with E-state index in [1.54, 1.807) is 12.1 Å². The Morgan fingerprint density at radius 1 is 1.48 bits per heavy atom. The Bertz CT molecular complexity index is 742. The number of hydrogen-bond acceptors (Lipinski definition) is 6. The van der Waals surface area contributed by atoms with Gasteiger partial charge in [-0.05, 0) is 37.8 Å². The number of thioether (sulfide) groups is 1. The van der Waals surface area contributed by atoms with E-state index < -0.39 is 0 Å². The molecule has 1 fully saturated rings. The van der Waals surface area contributed by atoms with E-state index in [0.717, 1.165) is 29.1 Å². The van der Waals surface area contributed by atoms with Gasteiger partial charge in [0.15, 0.2) is 11.0 Å². The van der Waals surface area contributed by atoms with E-state index >= 15 is 0 Å². The predicted molar refractivity (Wildman–Crippen MR) is 86.3 cm³/mol. The molecule has 1 unspecified atom stereocenters. The molecule has 1 saturated carbocycles. The lowest BCUT2D eigenvalue weighted by Gasteiger charge is -2.15. The van der Waals surface area contributed by atoms with E-state index in [1.165, 1.54) is 17.8 Å². The Hall–Kier alpha value is -1.93. The normalized spacial score (nSPS) is 15.6. The molecule has 1 aliphatic carbocycles. The molecule has 0 amide bonds. The maximum absolute atomic E-state index is 11.0. The minimum atomic E-state index is -0.378. The van der Waals surface area contributed by atoms with Gasteiger partial charge in [-0.15, -0.1) is 10.2 Å². The summed E-state index contributed by atoms with van der Waals surface area (Å²) in [4.78, 5) is 10.6. The van der Waals surface area contributed by atoms with E-state index in [0.29, 0.717) is 11.9 Å². The highest BCUT2D eigenvalue weighted by Crippen LogP contribution is 2.42. The van der Waals surface area contributed by atoms with Crippen molar-refractivity contribution in [3.63, 3.8) is 0 Å². The number of nitro benzene ring substituents is 1. The Morgan fingerprint density at radius 2 is 2.22 bits per heavy atom. The van der Waals surface area contributed by atoms with Crippen LogP contribution in [0.15, 0.2) is 23.4 Å². The number of benzene rings is 1. The molecule has 23 heavy (non-hydrogen) atoms. The van der Waals surface area contributed by atoms with Crippen molar-refractivity contribution in [1.29, 1.82) is 0 Å². The van der Waals surface area contributed by atoms with Crippen LogP contribution in [0.1, 0.15) is 48.0 Å². The molecular weight excluding hydrogens is 316 g/mol. The Morgan fingerprint density at radius 3 is 2.83 bits per heavy atom. The summed E-state index contributed by atoms with van der Waals surface area (Å²) in [6.45, 7) is 3.82. The molecule has 7 nitrogen and oxygen atoms in total. The van der Waals surface area contributed by atoms with Gasteiger partial charge in [0.1, 0.15) is 6.61 Å². The number of rotatable bonds is 6. The van der Waals surface area contributed by atoms with Gasteiger partial charge in [-0.25, -0.2) is 0 Å². The van der Waals surface area contributed by atoms with Gasteiger partial charge in [-0.1, -0.05) is 17.8 Å². The fourth-order valence-corrected chi connectivity index (χ4v) is 3.75. The van der Waals surface area contributed by atoms with Gasteiger partial charge < -0.3 is 9.67 Å². The van der Waals surface area contributed by atoms with E-state index in [-0.39, 0.29) is 22.5 Å². The van der Waals surface area contributed by atoms with Gasteiger partial charge in [-0.2, -0.15) is 0 Å². The molecule has 1 N–H and O–H groups in total. The van der Waals surface area contributed by atoms with Gasteiger partial charge in [-0.3, -0.25) is 10.1 Å². The summed E-state index contributed by atoms with van der Waals surface area (Å²) < 4.78 is 1.99. The maximum Gasteiger partial charge on any atom is 0.269 e. The molecule has 1 aromatic carbocycles. The second kappa shape index (κ2) is 6.29. The number of nitro groups is 1. The van der Waals surface area contributed by atoms with Crippen molar-refractivity contribution in [1.82, 2.24) is 14.8 Å². The van der Waals surface area contributed by atoms with Crippen LogP contribution < -0.4 is 0 Å². The molecule has 0 aliphatic heterocycles. The average molecular weight is 334 g/mol. The first-order valence-electron chi connectivity index (χ1n) is 7.47. The predicted octanol–water partition coefficient (Wildman–Crippen LogP) is 3.18. The van der Waals surface area contributed by atoms with Crippen molar-refractivity contribution in [2.45, 2.75) is 49.7 Å². The first kappa shape index (κ1) is 15.9. The minimum Gasteiger partial charge on any atom is -0.388 e. The fourth-order valence-electron chi connectivity index (χ4n) is 2.60. The van der Waals surface area contributed by atoms with Crippen LogP contribution in [-0.4, -0.2) is 24.8 Å². The Kier molecular flexibility index (Phi) is 4.36. The molecule has 1 atom stereocenters. The van der Waals surface area contributed by atoms with Crippen LogP contribution in [0.5, 0.6) is 0 Å². The van der Waals surface area contributed by atoms with Crippen molar-refractivity contribution in [3.8, 4) is 0 Å². The molecule has 2 aromatic rings. The Balaban J connectivity index is 1.87. The summed E-state index contributed by atoms with van der Waals surface area (Å²) in [6, 6.07) is 5.29. The molecule has 1 aromatic heterocycles. The highest BCUT2D eigenvalue weighted by molar-refractivity contribution is 7.99. The largest absolute Gasteiger partial charge is 0.388 e. The topological polar surface area (TPSA) is 94.1 Å². The summed E-state index contributed by atoms with van der Waals surface area (Å²) in [6.07, 6.45) is 2.14. The van der Waals surface area contributed by atoms with Crippen LogP contribution in [0.4, 0.5) is 5.69 Å². The third kappa shape index (κ3) is 3.23. The maximum atomic E-state index is 11.0. The van der Waals surface area contributed by atoms with Crippen LogP contribution in [-0.2, 0) is 6.61 Å². The highest BCUT2D eigenvalue weighted by atomic mass is 32.2. The lowest BCUT2D eigenvalue weighted by atomic mass is 10.1. The highest BCUT2D eigenvalue weighted by Gasteiger charge is 2.30. The molecule has 0 radical (unpaired) electrons. The average Bonchev–Trinajstić information content (AvgIpc) is 3.28. The summed E-state index contributed by atoms with van der Waals surface area (Å²) in [5.41, 5.74) is 2.02. The van der Waals surface area contributed by atoms with Gasteiger partial charge in [0.2, 0.25) is 0 Å². The quantitative estimate of drug-likeness (QED) is 0.495. The number of hydrogen-bond donors (Lipinski definition) is 1. The first-order valence-corrected chi connectivity index (χ1v) is 8.35. The van der Waals surface area contributed by atoms with E-state index in [1.807, 2.05) is 18.4 Å². The van der Waals surface area contributed by atoms with E-state index in [4.69, 9.17) is 0 Å². The van der Waals surface area contributed by atoms with Gasteiger partial charge in [0, 0.05) is 23.4 Å². The molecule has 1 aliphatic rings. The molecule has 122 valence electrons. The van der Waals surface area contributed by atoms with Crippen molar-refractivity contribution in [2.75, 3.05) is 0 Å². The molecule has 3 rings (SSSR count). The van der Waals surface area contributed by atoms with Crippen molar-refractivity contribution in [2.24, 2.45) is 0 Å². The number of aryl methyl sites for hydroxylation is 1. The van der Waals surface area contributed by atoms with Crippen molar-refractivity contribution < 1.29 is 10.0 Å². The zero-order valence-electron chi connectivity index (χ0n) is 13.0. The number of aliphatic hydroxyl groups excluding tert-OH is 1. The Labute approximate surface area is 137 Å². The third-order valence-corrected chi connectivity index (χ3v) is 5.08. The van der Waals surface area contributed by atoms with Crippen molar-refractivity contribution >= 4 is 17.4 Å². The molecule has 0 spiro atoms.